The summed E-state index contributed by atoms with van der Waals surface area (Å²) in [6.07, 6.45) is 0. The Hall–Kier alpha value is -6.58. The summed E-state index contributed by atoms with van der Waals surface area (Å²) in [5.41, 5.74) is 13.1. The summed E-state index contributed by atoms with van der Waals surface area (Å²) in [5.74, 6) is 0.648. The standard InChI is InChI=1S/C47H31N3/c1-4-17-32(18-5-1)41-31-42(33-19-6-2-7-20-33)49-46(48-41)50-43-29-15-12-25-37(43)45-40(28-16-30-44(45)50)47(34-21-8-3-9-22-34)38-26-13-10-23-35(38)36-24-11-14-27-39(36)47/h1-31H. The van der Waals surface area contributed by atoms with Crippen LogP contribution in [0.2, 0.25) is 0 Å². The molecule has 3 nitrogen and oxygen atoms in total. The maximum atomic E-state index is 5.30. The van der Waals surface area contributed by atoms with Crippen LogP contribution in [0, 0.1) is 0 Å². The molecule has 0 amide bonds. The summed E-state index contributed by atoms with van der Waals surface area (Å²) in [6, 6.07) is 67.2. The van der Waals surface area contributed by atoms with Crippen LogP contribution in [0.5, 0.6) is 0 Å². The number of para-hydroxylation sites is 1. The highest BCUT2D eigenvalue weighted by Gasteiger charge is 2.47. The minimum absolute atomic E-state index is 0.537. The minimum atomic E-state index is -0.537. The van der Waals surface area contributed by atoms with Gasteiger partial charge in [0.05, 0.1) is 27.8 Å². The molecule has 0 saturated carbocycles. The third-order valence-electron chi connectivity index (χ3n) is 10.3. The van der Waals surface area contributed by atoms with Crippen molar-refractivity contribution in [2.45, 2.75) is 5.41 Å². The fourth-order valence-corrected chi connectivity index (χ4v) is 8.28. The number of hydrogen-bond donors (Lipinski definition) is 0. The molecule has 0 bridgehead atoms. The van der Waals surface area contributed by atoms with E-state index in [1.165, 1.54) is 44.2 Å². The van der Waals surface area contributed by atoms with E-state index in [1.54, 1.807) is 0 Å². The molecular formula is C47H31N3. The smallest absolute Gasteiger partial charge is 0.235 e. The second-order valence-electron chi connectivity index (χ2n) is 12.9. The van der Waals surface area contributed by atoms with Gasteiger partial charge in [0.25, 0.3) is 0 Å². The SMILES string of the molecule is c1ccc(-c2cc(-c3ccccc3)nc(-n3c4ccccc4c4c(C5(c6ccccc6)c6ccccc6-c6ccccc65)cccc43)n2)cc1. The molecule has 0 fully saturated rings. The molecule has 1 aliphatic rings. The highest BCUT2D eigenvalue weighted by Crippen LogP contribution is 2.57. The first-order valence-corrected chi connectivity index (χ1v) is 17.1. The van der Waals surface area contributed by atoms with E-state index < -0.39 is 5.41 Å². The van der Waals surface area contributed by atoms with Crippen molar-refractivity contribution < 1.29 is 0 Å². The lowest BCUT2D eigenvalue weighted by atomic mass is 9.66. The Kier molecular flexibility index (Phi) is 6.40. The number of hydrogen-bond acceptors (Lipinski definition) is 2. The third-order valence-corrected chi connectivity index (χ3v) is 10.3. The average Bonchev–Trinajstić information content (AvgIpc) is 3.70. The number of rotatable bonds is 5. The van der Waals surface area contributed by atoms with Crippen LogP contribution in [0.4, 0.5) is 0 Å². The van der Waals surface area contributed by atoms with Crippen LogP contribution in [-0.4, -0.2) is 14.5 Å². The molecule has 0 unspecified atom stereocenters. The quantitative estimate of drug-likeness (QED) is 0.188. The van der Waals surface area contributed by atoms with Crippen LogP contribution in [0.3, 0.4) is 0 Å². The summed E-state index contributed by atoms with van der Waals surface area (Å²) >= 11 is 0. The Bertz CT molecular complexity index is 2590. The van der Waals surface area contributed by atoms with Crippen molar-refractivity contribution >= 4 is 21.8 Å². The zero-order chi connectivity index (χ0) is 33.1. The van der Waals surface area contributed by atoms with E-state index in [4.69, 9.17) is 9.97 Å². The van der Waals surface area contributed by atoms with Crippen LogP contribution in [0.25, 0.3) is 61.4 Å². The van der Waals surface area contributed by atoms with E-state index in [-0.39, 0.29) is 0 Å². The molecule has 0 N–H and O–H groups in total. The van der Waals surface area contributed by atoms with Gasteiger partial charge in [-0.25, -0.2) is 9.97 Å². The van der Waals surface area contributed by atoms with Crippen molar-refractivity contribution in [2.75, 3.05) is 0 Å². The molecule has 9 aromatic rings. The maximum Gasteiger partial charge on any atom is 0.235 e. The molecule has 7 aromatic carbocycles. The van der Waals surface area contributed by atoms with Gasteiger partial charge in [-0.2, -0.15) is 0 Å². The van der Waals surface area contributed by atoms with Crippen molar-refractivity contribution in [3.05, 3.63) is 210 Å². The topological polar surface area (TPSA) is 30.7 Å². The molecule has 0 saturated heterocycles. The van der Waals surface area contributed by atoms with E-state index in [0.717, 1.165) is 33.5 Å². The number of nitrogens with zero attached hydrogens (tertiary/aromatic N) is 3. The molecule has 0 spiro atoms. The Morgan fingerprint density at radius 1 is 0.400 bits per heavy atom. The molecule has 1 aliphatic carbocycles. The van der Waals surface area contributed by atoms with Crippen molar-refractivity contribution in [2.24, 2.45) is 0 Å². The zero-order valence-corrected chi connectivity index (χ0v) is 27.2. The summed E-state index contributed by atoms with van der Waals surface area (Å²) in [6.45, 7) is 0. The fourth-order valence-electron chi connectivity index (χ4n) is 8.28. The molecule has 2 aromatic heterocycles. The van der Waals surface area contributed by atoms with Gasteiger partial charge < -0.3 is 0 Å². The molecule has 234 valence electrons. The van der Waals surface area contributed by atoms with Gasteiger partial charge in [-0.05, 0) is 51.6 Å². The van der Waals surface area contributed by atoms with Crippen LogP contribution in [0.1, 0.15) is 22.3 Å². The van der Waals surface area contributed by atoms with Crippen LogP contribution < -0.4 is 0 Å². The highest BCUT2D eigenvalue weighted by molar-refractivity contribution is 6.12. The van der Waals surface area contributed by atoms with Gasteiger partial charge in [-0.15, -0.1) is 0 Å². The first kappa shape index (κ1) is 28.4. The summed E-state index contributed by atoms with van der Waals surface area (Å²) in [7, 11) is 0. The van der Waals surface area contributed by atoms with Gasteiger partial charge in [0.1, 0.15) is 0 Å². The summed E-state index contributed by atoms with van der Waals surface area (Å²) < 4.78 is 2.26. The second kappa shape index (κ2) is 11.3. The highest BCUT2D eigenvalue weighted by atomic mass is 15.2. The largest absolute Gasteiger partial charge is 0.278 e. The monoisotopic (exact) mass is 637 g/mol. The summed E-state index contributed by atoms with van der Waals surface area (Å²) in [4.78, 5) is 10.6. The third kappa shape index (κ3) is 4.10. The van der Waals surface area contributed by atoms with E-state index in [0.29, 0.717) is 5.95 Å². The van der Waals surface area contributed by atoms with Gasteiger partial charge in [0.2, 0.25) is 5.95 Å². The molecule has 0 radical (unpaired) electrons. The molecule has 50 heavy (non-hydrogen) atoms. The number of benzene rings is 7. The molecule has 2 heterocycles. The minimum Gasteiger partial charge on any atom is -0.278 e. The molecular weight excluding hydrogens is 607 g/mol. The van der Waals surface area contributed by atoms with Crippen molar-refractivity contribution in [1.29, 1.82) is 0 Å². The van der Waals surface area contributed by atoms with E-state index in [2.05, 4.69) is 180 Å². The Balaban J connectivity index is 1.34. The number of aromatic nitrogens is 3. The fraction of sp³-hybridized carbons (Fsp3) is 0.0213. The predicted molar refractivity (Wildman–Crippen MR) is 205 cm³/mol. The molecule has 3 heteroatoms. The second-order valence-corrected chi connectivity index (χ2v) is 12.9. The molecule has 0 aliphatic heterocycles. The van der Waals surface area contributed by atoms with Gasteiger partial charge in [0, 0.05) is 21.9 Å². The van der Waals surface area contributed by atoms with E-state index >= 15 is 0 Å². The van der Waals surface area contributed by atoms with Crippen molar-refractivity contribution in [1.82, 2.24) is 14.5 Å². The van der Waals surface area contributed by atoms with Crippen molar-refractivity contribution in [3.8, 4) is 39.6 Å². The first-order chi connectivity index (χ1) is 24.8. The van der Waals surface area contributed by atoms with Gasteiger partial charge >= 0.3 is 0 Å². The van der Waals surface area contributed by atoms with Gasteiger partial charge in [-0.1, -0.05) is 170 Å². The molecule has 10 rings (SSSR count). The first-order valence-electron chi connectivity index (χ1n) is 17.1. The molecule has 0 atom stereocenters. The maximum absolute atomic E-state index is 5.30. The zero-order valence-electron chi connectivity index (χ0n) is 27.2. The lowest BCUT2D eigenvalue weighted by Crippen LogP contribution is -2.28. The Labute approximate surface area is 290 Å². The predicted octanol–water partition coefficient (Wildman–Crippen LogP) is 11.3. The van der Waals surface area contributed by atoms with Gasteiger partial charge in [0.15, 0.2) is 0 Å². The Morgan fingerprint density at radius 2 is 0.880 bits per heavy atom. The lowest BCUT2D eigenvalue weighted by Gasteiger charge is -2.34. The van der Waals surface area contributed by atoms with E-state index in [9.17, 15) is 0 Å². The Morgan fingerprint density at radius 3 is 1.50 bits per heavy atom. The van der Waals surface area contributed by atoms with Crippen LogP contribution >= 0.6 is 0 Å². The average molecular weight is 638 g/mol. The van der Waals surface area contributed by atoms with Crippen LogP contribution in [0.15, 0.2) is 188 Å². The van der Waals surface area contributed by atoms with E-state index in [1.807, 2.05) is 12.1 Å². The van der Waals surface area contributed by atoms with Gasteiger partial charge in [-0.3, -0.25) is 4.57 Å². The van der Waals surface area contributed by atoms with Crippen LogP contribution in [-0.2, 0) is 5.41 Å². The lowest BCUT2D eigenvalue weighted by molar-refractivity contribution is 0.777. The summed E-state index contributed by atoms with van der Waals surface area (Å²) in [5, 5.41) is 2.37. The van der Waals surface area contributed by atoms with Crippen molar-refractivity contribution in [3.63, 3.8) is 0 Å². The normalized spacial score (nSPS) is 13.0. The number of fused-ring (bicyclic) bond motifs is 6.